The van der Waals surface area contributed by atoms with Crippen LogP contribution in [0.3, 0.4) is 0 Å². The van der Waals surface area contributed by atoms with Crippen LogP contribution in [0.1, 0.15) is 11.7 Å². The number of hydrogen-bond donors (Lipinski definition) is 2. The zero-order chi connectivity index (χ0) is 19.3. The predicted molar refractivity (Wildman–Crippen MR) is 81.5 cm³/mol. The molecule has 1 aliphatic rings. The minimum absolute atomic E-state index is 0.172. The number of allylic oxidation sites excluding steroid dienone is 1. The predicted octanol–water partition coefficient (Wildman–Crippen LogP) is 1.59. The minimum Gasteiger partial charge on any atom is -0.453 e. The molecule has 4 atom stereocenters. The third kappa shape index (κ3) is 5.43. The molecule has 26 heavy (non-hydrogen) atoms. The second-order valence-electron chi connectivity index (χ2n) is 5.38. The Balaban J connectivity index is 2.24. The monoisotopic (exact) mass is 372 g/mol. The van der Waals surface area contributed by atoms with Crippen LogP contribution in [0, 0.1) is 0 Å². The number of alkyl halides is 3. The van der Waals surface area contributed by atoms with Gasteiger partial charge in [0.25, 0.3) is 0 Å². The maximum Gasteiger partial charge on any atom is 0.410 e. The van der Waals surface area contributed by atoms with Crippen LogP contribution in [0.4, 0.5) is 13.2 Å². The van der Waals surface area contributed by atoms with Crippen LogP contribution in [-0.4, -0.2) is 46.6 Å². The van der Waals surface area contributed by atoms with Crippen molar-refractivity contribution < 1.29 is 42.4 Å². The Bertz CT molecular complexity index is 698. The number of carbonyl (C=O) groups is 2. The highest BCUT2D eigenvalue weighted by molar-refractivity contribution is 5.83. The van der Waals surface area contributed by atoms with Crippen LogP contribution in [0.2, 0.25) is 0 Å². The molecular formula is C17H15F3O6. The molecule has 0 saturated carbocycles. The average molecular weight is 372 g/mol. The fourth-order valence-corrected chi connectivity index (χ4v) is 2.28. The Morgan fingerprint density at radius 1 is 1.27 bits per heavy atom. The molecule has 9 heteroatoms. The fraction of sp³-hybridized carbons (Fsp3) is 0.294. The molecule has 0 aliphatic carbocycles. The molecule has 0 saturated heterocycles. The van der Waals surface area contributed by atoms with Gasteiger partial charge in [-0.25, -0.2) is 9.59 Å². The maximum atomic E-state index is 12.2. The number of rotatable bonds is 5. The highest BCUT2D eigenvalue weighted by atomic mass is 19.4. The lowest BCUT2D eigenvalue weighted by Crippen LogP contribution is -2.46. The molecule has 2 N–H and O–H groups in total. The van der Waals surface area contributed by atoms with Crippen molar-refractivity contribution in [2.24, 2.45) is 0 Å². The van der Waals surface area contributed by atoms with Crippen LogP contribution >= 0.6 is 0 Å². The van der Waals surface area contributed by atoms with E-state index in [2.05, 4.69) is 0 Å². The molecule has 6 nitrogen and oxygen atoms in total. The summed E-state index contributed by atoms with van der Waals surface area (Å²) in [5.74, 6) is -2.18. The Labute approximate surface area is 146 Å². The molecule has 0 amide bonds. The lowest BCUT2D eigenvalue weighted by Gasteiger charge is -2.32. The zero-order valence-corrected chi connectivity index (χ0v) is 13.2. The first-order chi connectivity index (χ1) is 12.2. The summed E-state index contributed by atoms with van der Waals surface area (Å²) in [6.07, 6.45) is -8.81. The van der Waals surface area contributed by atoms with E-state index in [1.165, 1.54) is 12.1 Å². The SMILES string of the molecule is O=C1C=C[C@H](O)[C@H]([C@H](O)[C@H](OC(=O)/C=C/C(F)(F)F)c2ccccc2)O1. The van der Waals surface area contributed by atoms with Crippen molar-refractivity contribution in [2.75, 3.05) is 0 Å². The van der Waals surface area contributed by atoms with Crippen LogP contribution in [0.5, 0.6) is 0 Å². The van der Waals surface area contributed by atoms with E-state index in [1.54, 1.807) is 18.2 Å². The summed E-state index contributed by atoms with van der Waals surface area (Å²) in [5, 5.41) is 20.3. The summed E-state index contributed by atoms with van der Waals surface area (Å²) in [5.41, 5.74) is 0.242. The Hall–Kier alpha value is -2.65. The van der Waals surface area contributed by atoms with E-state index in [0.717, 1.165) is 12.2 Å². The first-order valence-corrected chi connectivity index (χ1v) is 7.44. The van der Waals surface area contributed by atoms with Crippen molar-refractivity contribution in [3.05, 3.63) is 60.2 Å². The lowest BCUT2D eigenvalue weighted by atomic mass is 9.96. The second kappa shape index (κ2) is 8.15. The summed E-state index contributed by atoms with van der Waals surface area (Å²) < 4.78 is 46.3. The van der Waals surface area contributed by atoms with Gasteiger partial charge in [-0.05, 0) is 11.6 Å². The molecule has 0 radical (unpaired) electrons. The largest absolute Gasteiger partial charge is 0.453 e. The second-order valence-corrected chi connectivity index (χ2v) is 5.38. The van der Waals surface area contributed by atoms with Gasteiger partial charge in [-0.2, -0.15) is 13.2 Å². The quantitative estimate of drug-likeness (QED) is 0.602. The topological polar surface area (TPSA) is 93.1 Å². The summed E-state index contributed by atoms with van der Waals surface area (Å²) in [6, 6.07) is 7.66. The number of cyclic esters (lactones) is 1. The zero-order valence-electron chi connectivity index (χ0n) is 13.2. The average Bonchev–Trinajstić information content (AvgIpc) is 2.59. The molecule has 0 unspecified atom stereocenters. The first kappa shape index (κ1) is 19.7. The summed E-state index contributed by atoms with van der Waals surface area (Å²) in [4.78, 5) is 23.0. The van der Waals surface area contributed by atoms with Gasteiger partial charge < -0.3 is 19.7 Å². The molecule has 1 aromatic rings. The number of halogens is 3. The lowest BCUT2D eigenvalue weighted by molar-refractivity contribution is -0.175. The minimum atomic E-state index is -4.71. The highest BCUT2D eigenvalue weighted by Gasteiger charge is 2.39. The number of hydrogen-bond acceptors (Lipinski definition) is 6. The van der Waals surface area contributed by atoms with Gasteiger partial charge in [0.2, 0.25) is 0 Å². The van der Waals surface area contributed by atoms with E-state index >= 15 is 0 Å². The van der Waals surface area contributed by atoms with Crippen molar-refractivity contribution in [1.29, 1.82) is 0 Å². The molecule has 2 rings (SSSR count). The molecule has 1 aliphatic heterocycles. The van der Waals surface area contributed by atoms with Crippen LogP contribution in [0.25, 0.3) is 0 Å². The molecule has 140 valence electrons. The van der Waals surface area contributed by atoms with Crippen LogP contribution < -0.4 is 0 Å². The third-order valence-corrected chi connectivity index (χ3v) is 3.44. The van der Waals surface area contributed by atoms with Crippen molar-refractivity contribution in [3.63, 3.8) is 0 Å². The molecule has 0 aromatic heterocycles. The number of aliphatic hydroxyl groups is 2. The number of carbonyl (C=O) groups excluding carboxylic acids is 2. The van der Waals surface area contributed by atoms with Gasteiger partial charge in [0.15, 0.2) is 12.2 Å². The van der Waals surface area contributed by atoms with Gasteiger partial charge in [-0.3, -0.25) is 0 Å². The first-order valence-electron chi connectivity index (χ1n) is 7.44. The van der Waals surface area contributed by atoms with Crippen LogP contribution in [-0.2, 0) is 19.1 Å². The van der Waals surface area contributed by atoms with E-state index in [4.69, 9.17) is 9.47 Å². The van der Waals surface area contributed by atoms with Gasteiger partial charge in [0.05, 0.1) is 0 Å². The standard InChI is InChI=1S/C17H15F3O6/c18-17(19,20)9-8-13(23)25-15(10-4-2-1-3-5-10)14(24)16-11(21)6-7-12(22)26-16/h1-9,11,14-16,21,24H/b9-8+/t11-,14+,15+,16+/m0/s1. The number of esters is 2. The van der Waals surface area contributed by atoms with Crippen molar-refractivity contribution in [2.45, 2.75) is 30.6 Å². The van der Waals surface area contributed by atoms with E-state index in [-0.39, 0.29) is 17.7 Å². The molecule has 0 fully saturated rings. The normalized spacial score (nSPS) is 22.7. The Kier molecular flexibility index (Phi) is 6.17. The van der Waals surface area contributed by atoms with Crippen LogP contribution in [0.15, 0.2) is 54.6 Å². The number of ether oxygens (including phenoxy) is 2. The maximum absolute atomic E-state index is 12.2. The third-order valence-electron chi connectivity index (χ3n) is 3.44. The van der Waals surface area contributed by atoms with Gasteiger partial charge in [-0.1, -0.05) is 30.3 Å². The molecule has 0 spiro atoms. The summed E-state index contributed by atoms with van der Waals surface area (Å²) in [6.45, 7) is 0. The van der Waals surface area contributed by atoms with Crippen molar-refractivity contribution in [3.8, 4) is 0 Å². The smallest absolute Gasteiger partial charge is 0.410 e. The van der Waals surface area contributed by atoms with E-state index in [0.29, 0.717) is 0 Å². The number of benzene rings is 1. The summed E-state index contributed by atoms with van der Waals surface area (Å²) in [7, 11) is 0. The van der Waals surface area contributed by atoms with Crippen molar-refractivity contribution >= 4 is 11.9 Å². The Morgan fingerprint density at radius 3 is 2.54 bits per heavy atom. The van der Waals surface area contributed by atoms with E-state index < -0.39 is 42.5 Å². The molecule has 1 heterocycles. The van der Waals surface area contributed by atoms with Gasteiger partial charge >= 0.3 is 18.1 Å². The molecular weight excluding hydrogens is 357 g/mol. The number of aliphatic hydroxyl groups excluding tert-OH is 2. The van der Waals surface area contributed by atoms with Crippen molar-refractivity contribution in [1.82, 2.24) is 0 Å². The van der Waals surface area contributed by atoms with Gasteiger partial charge in [-0.15, -0.1) is 0 Å². The molecule has 1 aromatic carbocycles. The Morgan fingerprint density at radius 2 is 1.92 bits per heavy atom. The van der Waals surface area contributed by atoms with Gasteiger partial charge in [0, 0.05) is 18.2 Å². The fourth-order valence-electron chi connectivity index (χ4n) is 2.28. The van der Waals surface area contributed by atoms with E-state index in [1.807, 2.05) is 0 Å². The van der Waals surface area contributed by atoms with Gasteiger partial charge in [0.1, 0.15) is 12.2 Å². The highest BCUT2D eigenvalue weighted by Crippen LogP contribution is 2.28. The summed E-state index contributed by atoms with van der Waals surface area (Å²) >= 11 is 0. The van der Waals surface area contributed by atoms with E-state index in [9.17, 15) is 33.0 Å². The molecule has 0 bridgehead atoms.